The maximum absolute atomic E-state index is 12.5. The summed E-state index contributed by atoms with van der Waals surface area (Å²) in [5, 5.41) is 3.37. The fourth-order valence-corrected chi connectivity index (χ4v) is 3.41. The van der Waals surface area contributed by atoms with Crippen LogP contribution in [0.5, 0.6) is 0 Å². The molecule has 0 bridgehead atoms. The Balaban J connectivity index is 1.41. The van der Waals surface area contributed by atoms with Crippen LogP contribution >= 0.6 is 0 Å². The largest absolute Gasteiger partial charge is 0.339 e. The van der Waals surface area contributed by atoms with Crippen LogP contribution < -0.4 is 5.32 Å². The maximum Gasteiger partial charge on any atom is 0.239 e. The highest BCUT2D eigenvalue weighted by Gasteiger charge is 2.27. The molecule has 4 heteroatoms. The van der Waals surface area contributed by atoms with Gasteiger partial charge in [-0.25, -0.2) is 0 Å². The van der Waals surface area contributed by atoms with Gasteiger partial charge < -0.3 is 10.2 Å². The molecule has 2 heterocycles. The number of nitrogens with zero attached hydrogens (tertiary/aromatic N) is 2. The van der Waals surface area contributed by atoms with E-state index in [1.54, 1.807) is 0 Å². The zero-order valence-electron chi connectivity index (χ0n) is 13.3. The molecule has 2 fully saturated rings. The normalized spacial score (nSPS) is 23.5. The van der Waals surface area contributed by atoms with Crippen LogP contribution in [-0.4, -0.2) is 61.0 Å². The van der Waals surface area contributed by atoms with Gasteiger partial charge in [0.05, 0.1) is 6.04 Å². The summed E-state index contributed by atoms with van der Waals surface area (Å²) in [7, 11) is 0. The minimum absolute atomic E-state index is 0.0737. The third-order valence-corrected chi connectivity index (χ3v) is 4.85. The zero-order valence-corrected chi connectivity index (χ0v) is 13.3. The van der Waals surface area contributed by atoms with Crippen molar-refractivity contribution in [2.45, 2.75) is 31.7 Å². The van der Waals surface area contributed by atoms with Crippen molar-refractivity contribution in [3.05, 3.63) is 35.9 Å². The van der Waals surface area contributed by atoms with Gasteiger partial charge >= 0.3 is 0 Å². The molecule has 0 saturated carbocycles. The fourth-order valence-electron chi connectivity index (χ4n) is 3.41. The molecule has 0 aromatic heterocycles. The lowest BCUT2D eigenvalue weighted by Gasteiger charge is -2.37. The Hall–Kier alpha value is -1.39. The Labute approximate surface area is 133 Å². The highest BCUT2D eigenvalue weighted by molar-refractivity contribution is 5.82. The summed E-state index contributed by atoms with van der Waals surface area (Å²) in [5.74, 6) is 0.322. The van der Waals surface area contributed by atoms with Gasteiger partial charge in [-0.05, 0) is 31.4 Å². The van der Waals surface area contributed by atoms with Gasteiger partial charge in [0.15, 0.2) is 0 Å². The van der Waals surface area contributed by atoms with E-state index in [1.165, 1.54) is 18.4 Å². The number of benzene rings is 1. The Kier molecular flexibility index (Phi) is 5.46. The summed E-state index contributed by atoms with van der Waals surface area (Å²) < 4.78 is 0. The van der Waals surface area contributed by atoms with E-state index in [4.69, 9.17) is 0 Å². The molecule has 22 heavy (non-hydrogen) atoms. The number of amides is 1. The molecule has 3 rings (SSSR count). The smallest absolute Gasteiger partial charge is 0.239 e. The molecule has 2 saturated heterocycles. The summed E-state index contributed by atoms with van der Waals surface area (Å²) in [6, 6.07) is 10.7. The van der Waals surface area contributed by atoms with E-state index >= 15 is 0 Å². The summed E-state index contributed by atoms with van der Waals surface area (Å²) in [5.41, 5.74) is 1.40. The Morgan fingerprint density at radius 2 is 1.86 bits per heavy atom. The van der Waals surface area contributed by atoms with Crippen molar-refractivity contribution in [3.63, 3.8) is 0 Å². The summed E-state index contributed by atoms with van der Waals surface area (Å²) >= 11 is 0. The third kappa shape index (κ3) is 4.08. The lowest BCUT2D eigenvalue weighted by Crippen LogP contribution is -2.55. The summed E-state index contributed by atoms with van der Waals surface area (Å²) in [6.45, 7) is 5.86. The van der Waals surface area contributed by atoms with Crippen LogP contribution in [0, 0.1) is 0 Å². The fraction of sp³-hybridized carbons (Fsp3) is 0.611. The lowest BCUT2D eigenvalue weighted by atomic mass is 10.0. The maximum atomic E-state index is 12.5. The van der Waals surface area contributed by atoms with E-state index in [2.05, 4.69) is 45.4 Å². The van der Waals surface area contributed by atoms with Crippen molar-refractivity contribution in [1.29, 1.82) is 0 Å². The van der Waals surface area contributed by atoms with E-state index in [0.29, 0.717) is 5.91 Å². The number of hydrogen-bond donors (Lipinski definition) is 1. The average Bonchev–Trinajstić information content (AvgIpc) is 2.61. The molecule has 1 N–H and O–H groups in total. The number of hydrogen-bond acceptors (Lipinski definition) is 3. The number of carbonyl (C=O) groups excluding carboxylic acids is 1. The minimum Gasteiger partial charge on any atom is -0.339 e. The van der Waals surface area contributed by atoms with Crippen molar-refractivity contribution >= 4 is 5.91 Å². The topological polar surface area (TPSA) is 35.6 Å². The molecule has 1 aromatic carbocycles. The second-order valence-electron chi connectivity index (χ2n) is 6.41. The minimum atomic E-state index is 0.0737. The first kappa shape index (κ1) is 15.5. The van der Waals surface area contributed by atoms with Crippen LogP contribution in [0.15, 0.2) is 30.3 Å². The highest BCUT2D eigenvalue weighted by atomic mass is 16.2. The lowest BCUT2D eigenvalue weighted by molar-refractivity contribution is -0.135. The Bertz CT molecular complexity index is 462. The van der Waals surface area contributed by atoms with Gasteiger partial charge in [-0.1, -0.05) is 36.8 Å². The molecule has 1 amide bonds. The van der Waals surface area contributed by atoms with Crippen LogP contribution in [0.2, 0.25) is 0 Å². The molecule has 1 atom stereocenters. The predicted octanol–water partition coefficient (Wildman–Crippen LogP) is 1.52. The van der Waals surface area contributed by atoms with E-state index in [9.17, 15) is 4.79 Å². The van der Waals surface area contributed by atoms with Gasteiger partial charge in [-0.15, -0.1) is 0 Å². The molecule has 1 unspecified atom stereocenters. The van der Waals surface area contributed by atoms with E-state index in [1.807, 2.05) is 0 Å². The number of carbonyl (C=O) groups is 1. The van der Waals surface area contributed by atoms with Crippen molar-refractivity contribution < 1.29 is 4.79 Å². The molecule has 2 aliphatic heterocycles. The van der Waals surface area contributed by atoms with Crippen LogP contribution in [0.4, 0.5) is 0 Å². The Morgan fingerprint density at radius 1 is 1.09 bits per heavy atom. The standard InChI is InChI=1S/C18H27N3O/c22-18(17-8-4-5-10-19-17)21-14-12-20(13-15-21)11-9-16-6-2-1-3-7-16/h1-3,6-7,17,19H,4-5,8-15H2. The van der Waals surface area contributed by atoms with Gasteiger partial charge in [-0.2, -0.15) is 0 Å². The van der Waals surface area contributed by atoms with E-state index in [0.717, 1.165) is 52.1 Å². The number of piperazine rings is 1. The molecule has 2 aliphatic rings. The molecule has 4 nitrogen and oxygen atoms in total. The molecule has 0 radical (unpaired) electrons. The predicted molar refractivity (Wildman–Crippen MR) is 88.8 cm³/mol. The Morgan fingerprint density at radius 3 is 2.55 bits per heavy atom. The van der Waals surface area contributed by atoms with Gasteiger partial charge in [0.25, 0.3) is 0 Å². The average molecular weight is 301 g/mol. The van der Waals surface area contributed by atoms with E-state index in [-0.39, 0.29) is 6.04 Å². The first-order valence-electron chi connectivity index (χ1n) is 8.61. The number of piperidine rings is 1. The molecule has 0 spiro atoms. The van der Waals surface area contributed by atoms with Crippen LogP contribution in [0.25, 0.3) is 0 Å². The van der Waals surface area contributed by atoms with E-state index < -0.39 is 0 Å². The van der Waals surface area contributed by atoms with Crippen molar-refractivity contribution in [2.75, 3.05) is 39.3 Å². The van der Waals surface area contributed by atoms with Crippen molar-refractivity contribution in [2.24, 2.45) is 0 Å². The first-order chi connectivity index (χ1) is 10.8. The zero-order chi connectivity index (χ0) is 15.2. The van der Waals surface area contributed by atoms with Crippen molar-refractivity contribution in [3.8, 4) is 0 Å². The molecule has 0 aliphatic carbocycles. The molecule has 1 aromatic rings. The second kappa shape index (κ2) is 7.75. The van der Waals surface area contributed by atoms with Crippen LogP contribution in [0.1, 0.15) is 24.8 Å². The quantitative estimate of drug-likeness (QED) is 0.916. The summed E-state index contributed by atoms with van der Waals surface area (Å²) in [6.07, 6.45) is 4.49. The van der Waals surface area contributed by atoms with Crippen LogP contribution in [-0.2, 0) is 11.2 Å². The van der Waals surface area contributed by atoms with Crippen molar-refractivity contribution in [1.82, 2.24) is 15.1 Å². The van der Waals surface area contributed by atoms with Gasteiger partial charge in [0, 0.05) is 32.7 Å². The second-order valence-corrected chi connectivity index (χ2v) is 6.41. The monoisotopic (exact) mass is 301 g/mol. The molecular weight excluding hydrogens is 274 g/mol. The first-order valence-corrected chi connectivity index (χ1v) is 8.61. The number of rotatable bonds is 4. The molecule has 120 valence electrons. The van der Waals surface area contributed by atoms with Gasteiger partial charge in [-0.3, -0.25) is 9.69 Å². The summed E-state index contributed by atoms with van der Waals surface area (Å²) in [4.78, 5) is 17.0. The highest BCUT2D eigenvalue weighted by Crippen LogP contribution is 2.12. The SMILES string of the molecule is O=C(C1CCCCN1)N1CCN(CCc2ccccc2)CC1. The third-order valence-electron chi connectivity index (χ3n) is 4.85. The van der Waals surface area contributed by atoms with Gasteiger partial charge in [0.1, 0.15) is 0 Å². The number of nitrogens with one attached hydrogen (secondary N) is 1. The van der Waals surface area contributed by atoms with Crippen LogP contribution in [0.3, 0.4) is 0 Å². The molecular formula is C18H27N3O. The van der Waals surface area contributed by atoms with Gasteiger partial charge in [0.2, 0.25) is 5.91 Å².